The Bertz CT molecular complexity index is 337. The van der Waals surface area contributed by atoms with Gasteiger partial charge in [0.1, 0.15) is 0 Å². The molecule has 1 aliphatic heterocycles. The predicted octanol–water partition coefficient (Wildman–Crippen LogP) is 3.26. The molecule has 0 spiro atoms. The number of fused-ring (bicyclic) bond motifs is 1. The third kappa shape index (κ3) is 4.66. The summed E-state index contributed by atoms with van der Waals surface area (Å²) in [6.45, 7) is 2.00. The van der Waals surface area contributed by atoms with Crippen molar-refractivity contribution in [2.45, 2.75) is 12.8 Å². The number of benzene rings is 2. The number of hydrogen-bond donors (Lipinski definition) is 0. The third-order valence-corrected chi connectivity index (χ3v) is 2.49. The van der Waals surface area contributed by atoms with Gasteiger partial charge in [0.05, 0.1) is 0 Å². The molecule has 2 aromatic carbocycles. The maximum atomic E-state index is 4.94. The van der Waals surface area contributed by atoms with E-state index in [-0.39, 0.29) is 51.4 Å². The second-order valence-corrected chi connectivity index (χ2v) is 3.67. The first kappa shape index (κ1) is 14.4. The molecular weight excluding hydrogens is 223 g/mol. The van der Waals surface area contributed by atoms with Crippen LogP contribution in [0.4, 0.5) is 0 Å². The van der Waals surface area contributed by atoms with Crippen molar-refractivity contribution in [2.24, 2.45) is 0 Å². The summed E-state index contributed by atoms with van der Waals surface area (Å²) in [4.78, 5) is 0. The van der Waals surface area contributed by atoms with Crippen LogP contribution in [-0.2, 0) is 4.74 Å². The Balaban J connectivity index is 0.000000183. The Kier molecular flexibility index (Phi) is 7.53. The molecule has 1 aliphatic rings. The topological polar surface area (TPSA) is 9.23 Å². The van der Waals surface area contributed by atoms with Crippen molar-refractivity contribution in [3.05, 3.63) is 48.5 Å². The molecule has 1 fully saturated rings. The van der Waals surface area contributed by atoms with Crippen LogP contribution in [0.2, 0.25) is 0 Å². The fourth-order valence-corrected chi connectivity index (χ4v) is 1.64. The Morgan fingerprint density at radius 1 is 0.688 bits per heavy atom. The van der Waals surface area contributed by atoms with Crippen molar-refractivity contribution in [1.29, 1.82) is 0 Å². The first-order valence-electron chi connectivity index (χ1n) is 5.48. The maximum absolute atomic E-state index is 4.94. The number of ether oxygens (including phenoxy) is 1. The molecule has 1 radical (unpaired) electrons. The van der Waals surface area contributed by atoms with Crippen LogP contribution in [0.15, 0.2) is 48.5 Å². The predicted molar refractivity (Wildman–Crippen MR) is 69.8 cm³/mol. The molecule has 0 bridgehead atoms. The van der Waals surface area contributed by atoms with E-state index in [1.165, 1.54) is 23.6 Å². The Hall–Kier alpha value is 0.296. The first-order chi connectivity index (χ1) is 7.47. The van der Waals surface area contributed by atoms with Gasteiger partial charge in [0, 0.05) is 64.6 Å². The third-order valence-electron chi connectivity index (χ3n) is 2.49. The largest absolute Gasteiger partial charge is 0.381 e. The minimum atomic E-state index is 0. The van der Waals surface area contributed by atoms with Crippen LogP contribution in [0.25, 0.3) is 10.8 Å². The molecule has 1 nitrogen and oxygen atoms in total. The van der Waals surface area contributed by atoms with Gasteiger partial charge in [-0.05, 0) is 23.6 Å². The standard InChI is InChI=1S/C10H8.C4H8O.K/c1-2-6-10-8-4-3-7-9(10)5-1;1-2-4-5-3-1;/h1-8H;1-4H2;. The van der Waals surface area contributed by atoms with Crippen LogP contribution in [0.1, 0.15) is 12.8 Å². The van der Waals surface area contributed by atoms with Crippen molar-refractivity contribution in [3.8, 4) is 0 Å². The minimum absolute atomic E-state index is 0. The van der Waals surface area contributed by atoms with E-state index in [2.05, 4.69) is 48.5 Å². The molecule has 1 saturated heterocycles. The Morgan fingerprint density at radius 3 is 1.31 bits per heavy atom. The van der Waals surface area contributed by atoms with Crippen molar-refractivity contribution in [2.75, 3.05) is 13.2 Å². The summed E-state index contributed by atoms with van der Waals surface area (Å²) in [7, 11) is 0. The molecular formula is C14H16KO. The summed E-state index contributed by atoms with van der Waals surface area (Å²) >= 11 is 0. The van der Waals surface area contributed by atoms with Gasteiger partial charge in [0.15, 0.2) is 0 Å². The second-order valence-electron chi connectivity index (χ2n) is 3.67. The molecule has 2 aromatic rings. The van der Waals surface area contributed by atoms with E-state index in [9.17, 15) is 0 Å². The van der Waals surface area contributed by atoms with Gasteiger partial charge >= 0.3 is 0 Å². The van der Waals surface area contributed by atoms with Crippen LogP contribution in [0, 0.1) is 0 Å². The Morgan fingerprint density at radius 2 is 1.06 bits per heavy atom. The summed E-state index contributed by atoms with van der Waals surface area (Å²) in [5.41, 5.74) is 0. The zero-order valence-corrected chi connectivity index (χ0v) is 13.0. The normalized spacial score (nSPS) is 13.8. The zero-order chi connectivity index (χ0) is 10.3. The molecule has 0 saturated carbocycles. The molecule has 0 N–H and O–H groups in total. The monoisotopic (exact) mass is 239 g/mol. The van der Waals surface area contributed by atoms with Crippen LogP contribution in [-0.4, -0.2) is 64.6 Å². The van der Waals surface area contributed by atoms with Gasteiger partial charge < -0.3 is 4.74 Å². The quantitative estimate of drug-likeness (QED) is 0.641. The van der Waals surface area contributed by atoms with E-state index < -0.39 is 0 Å². The van der Waals surface area contributed by atoms with Gasteiger partial charge in [-0.1, -0.05) is 48.5 Å². The van der Waals surface area contributed by atoms with Crippen molar-refractivity contribution >= 4 is 62.2 Å². The summed E-state index contributed by atoms with van der Waals surface area (Å²) in [5, 5.41) is 2.62. The summed E-state index contributed by atoms with van der Waals surface area (Å²) < 4.78 is 4.94. The van der Waals surface area contributed by atoms with Crippen LogP contribution >= 0.6 is 0 Å². The fourth-order valence-electron chi connectivity index (χ4n) is 1.64. The van der Waals surface area contributed by atoms with E-state index >= 15 is 0 Å². The van der Waals surface area contributed by atoms with Crippen molar-refractivity contribution in [1.82, 2.24) is 0 Å². The van der Waals surface area contributed by atoms with E-state index in [4.69, 9.17) is 4.74 Å². The summed E-state index contributed by atoms with van der Waals surface area (Å²) in [5.74, 6) is 0. The van der Waals surface area contributed by atoms with Gasteiger partial charge in [-0.2, -0.15) is 0 Å². The van der Waals surface area contributed by atoms with Gasteiger partial charge in [0.2, 0.25) is 0 Å². The van der Waals surface area contributed by atoms with Gasteiger partial charge in [-0.25, -0.2) is 0 Å². The average molecular weight is 239 g/mol. The van der Waals surface area contributed by atoms with Crippen molar-refractivity contribution in [3.63, 3.8) is 0 Å². The van der Waals surface area contributed by atoms with Crippen LogP contribution in [0.3, 0.4) is 0 Å². The SMILES string of the molecule is C1CCOC1.[K].c1ccc2ccccc2c1. The average Bonchev–Trinajstić information content (AvgIpc) is 2.88. The molecule has 0 aromatic heterocycles. The smallest absolute Gasteiger partial charge is 0.0466 e. The molecule has 0 atom stereocenters. The number of hydrogen-bond acceptors (Lipinski definition) is 1. The van der Waals surface area contributed by atoms with Crippen LogP contribution < -0.4 is 0 Å². The van der Waals surface area contributed by atoms with E-state index in [1.54, 1.807) is 0 Å². The molecule has 16 heavy (non-hydrogen) atoms. The number of rotatable bonds is 0. The molecule has 79 valence electrons. The van der Waals surface area contributed by atoms with Gasteiger partial charge in [-0.15, -0.1) is 0 Å². The molecule has 3 rings (SSSR count). The van der Waals surface area contributed by atoms with E-state index in [0.29, 0.717) is 0 Å². The van der Waals surface area contributed by atoms with Crippen LogP contribution in [0.5, 0.6) is 0 Å². The molecule has 0 amide bonds. The summed E-state index contributed by atoms with van der Waals surface area (Å²) in [6, 6.07) is 16.7. The first-order valence-corrected chi connectivity index (χ1v) is 5.48. The van der Waals surface area contributed by atoms with Gasteiger partial charge in [0.25, 0.3) is 0 Å². The second kappa shape index (κ2) is 8.40. The molecule has 0 aliphatic carbocycles. The summed E-state index contributed by atoms with van der Waals surface area (Å²) in [6.07, 6.45) is 2.56. The minimum Gasteiger partial charge on any atom is -0.381 e. The van der Waals surface area contributed by atoms with E-state index in [0.717, 1.165) is 13.2 Å². The molecule has 1 heterocycles. The molecule has 2 heteroatoms. The van der Waals surface area contributed by atoms with Gasteiger partial charge in [-0.3, -0.25) is 0 Å². The van der Waals surface area contributed by atoms with Crippen molar-refractivity contribution < 1.29 is 4.74 Å². The maximum Gasteiger partial charge on any atom is 0.0466 e. The molecule has 0 unspecified atom stereocenters. The zero-order valence-electron chi connectivity index (χ0n) is 9.86. The van der Waals surface area contributed by atoms with E-state index in [1.807, 2.05) is 0 Å². The fraction of sp³-hybridized carbons (Fsp3) is 0.286. The Labute approximate surface area is 140 Å².